The number of benzene rings is 2. The van der Waals surface area contributed by atoms with Gasteiger partial charge in [0, 0.05) is 5.02 Å². The van der Waals surface area contributed by atoms with E-state index in [2.05, 4.69) is 20.2 Å². The molecule has 9 heteroatoms. The van der Waals surface area contributed by atoms with Crippen molar-refractivity contribution in [3.63, 3.8) is 0 Å². The van der Waals surface area contributed by atoms with Crippen LogP contribution in [0.25, 0.3) is 11.8 Å². The molecule has 25 heavy (non-hydrogen) atoms. The second-order valence-corrected chi connectivity index (χ2v) is 7.19. The third-order valence-electron chi connectivity index (χ3n) is 3.29. The maximum atomic E-state index is 12.2. The third-order valence-corrected chi connectivity index (χ3v) is 4.55. The molecule has 3 aromatic rings. The molecule has 0 aliphatic rings. The quantitative estimate of drug-likeness (QED) is 0.740. The van der Waals surface area contributed by atoms with Crippen LogP contribution in [0.1, 0.15) is 11.4 Å². The highest BCUT2D eigenvalue weighted by atomic mass is 35.5. The molecule has 0 aliphatic heterocycles. The van der Waals surface area contributed by atoms with Gasteiger partial charge in [0.2, 0.25) is 0 Å². The lowest BCUT2D eigenvalue weighted by Crippen LogP contribution is -2.09. The Hall–Kier alpha value is -2.71. The molecule has 0 radical (unpaired) electrons. The number of tetrazole rings is 1. The van der Waals surface area contributed by atoms with Crippen molar-refractivity contribution in [3.05, 3.63) is 70.3 Å². The Morgan fingerprint density at radius 1 is 1.16 bits per heavy atom. The summed E-state index contributed by atoms with van der Waals surface area (Å²) in [6.07, 6.45) is 1.49. The number of aryl methyl sites for hydroxylation is 1. The highest BCUT2D eigenvalue weighted by Crippen LogP contribution is 2.17. The van der Waals surface area contributed by atoms with Gasteiger partial charge in [0.05, 0.1) is 16.8 Å². The van der Waals surface area contributed by atoms with Gasteiger partial charge in [-0.25, -0.2) is 8.42 Å². The van der Waals surface area contributed by atoms with Crippen molar-refractivity contribution in [2.45, 2.75) is 6.92 Å². The van der Waals surface area contributed by atoms with Crippen LogP contribution in [-0.2, 0) is 10.0 Å². The second-order valence-electron chi connectivity index (χ2n) is 5.19. The van der Waals surface area contributed by atoms with Crippen LogP contribution in [0.5, 0.6) is 0 Å². The number of aromatic nitrogens is 4. The molecule has 0 amide bonds. The van der Waals surface area contributed by atoms with E-state index in [-0.39, 0.29) is 0 Å². The van der Waals surface area contributed by atoms with Crippen molar-refractivity contribution in [2.24, 2.45) is 0 Å². The monoisotopic (exact) mass is 375 g/mol. The fraction of sp³-hybridized carbons (Fsp3) is 0.0625. The molecule has 0 spiro atoms. The zero-order valence-electron chi connectivity index (χ0n) is 13.2. The Balaban J connectivity index is 1.79. The first-order valence-corrected chi connectivity index (χ1v) is 9.17. The molecular formula is C16H14ClN5O2S. The largest absolute Gasteiger partial charge is 0.280 e. The fourth-order valence-corrected chi connectivity index (χ4v) is 3.10. The summed E-state index contributed by atoms with van der Waals surface area (Å²) in [6.45, 7) is 1.76. The topological polar surface area (TPSA) is 89.8 Å². The highest BCUT2D eigenvalue weighted by Gasteiger charge is 2.08. The van der Waals surface area contributed by atoms with Gasteiger partial charge in [-0.05, 0) is 59.3 Å². The van der Waals surface area contributed by atoms with Crippen molar-refractivity contribution >= 4 is 33.4 Å². The summed E-state index contributed by atoms with van der Waals surface area (Å²) in [5, 5.41) is 12.9. The maximum Gasteiger partial charge on any atom is 0.255 e. The van der Waals surface area contributed by atoms with Crippen molar-refractivity contribution in [3.8, 4) is 5.69 Å². The average Bonchev–Trinajstić information content (AvgIpc) is 3.00. The van der Waals surface area contributed by atoms with Crippen molar-refractivity contribution < 1.29 is 8.42 Å². The predicted molar refractivity (Wildman–Crippen MR) is 96.9 cm³/mol. The zero-order chi connectivity index (χ0) is 17.9. The Labute approximate surface area is 150 Å². The summed E-state index contributed by atoms with van der Waals surface area (Å²) in [6, 6.07) is 13.7. The van der Waals surface area contributed by atoms with E-state index in [0.717, 1.165) is 11.0 Å². The Kier molecular flexibility index (Phi) is 4.82. The van der Waals surface area contributed by atoms with Crippen LogP contribution in [0.2, 0.25) is 5.02 Å². The number of anilines is 1. The van der Waals surface area contributed by atoms with E-state index < -0.39 is 10.0 Å². The number of hydrogen-bond acceptors (Lipinski definition) is 5. The minimum Gasteiger partial charge on any atom is -0.280 e. The number of sulfonamides is 1. The van der Waals surface area contributed by atoms with Crippen LogP contribution in [-0.4, -0.2) is 28.6 Å². The third kappa shape index (κ3) is 4.43. The predicted octanol–water partition coefficient (Wildman–Crippen LogP) is 3.04. The minimum atomic E-state index is -3.66. The summed E-state index contributed by atoms with van der Waals surface area (Å²) in [4.78, 5) is 0. The molecule has 2 aromatic carbocycles. The molecule has 0 atom stereocenters. The van der Waals surface area contributed by atoms with Crippen LogP contribution in [0.15, 0.2) is 53.9 Å². The SMILES string of the molecule is Cc1nnnn1-c1cccc(NS(=O)(=O)/C=C/c2ccc(Cl)cc2)c1. The van der Waals surface area contributed by atoms with E-state index in [1.807, 2.05) is 0 Å². The molecule has 128 valence electrons. The number of nitrogens with zero attached hydrogens (tertiary/aromatic N) is 4. The molecular weight excluding hydrogens is 362 g/mol. The van der Waals surface area contributed by atoms with Crippen LogP contribution >= 0.6 is 11.6 Å². The van der Waals surface area contributed by atoms with E-state index in [9.17, 15) is 8.42 Å². The standard InChI is InChI=1S/C16H14ClN5O2S/c1-12-18-20-21-22(12)16-4-2-3-15(11-16)19-25(23,24)10-9-13-5-7-14(17)8-6-13/h2-11,19H,1H3/b10-9+. The van der Waals surface area contributed by atoms with E-state index >= 15 is 0 Å². The van der Waals surface area contributed by atoms with E-state index in [0.29, 0.717) is 22.2 Å². The summed E-state index contributed by atoms with van der Waals surface area (Å²) in [5.74, 6) is 0.600. The fourth-order valence-electron chi connectivity index (χ4n) is 2.11. The lowest BCUT2D eigenvalue weighted by Gasteiger charge is -2.07. The van der Waals surface area contributed by atoms with Gasteiger partial charge in [0.25, 0.3) is 10.0 Å². The van der Waals surface area contributed by atoms with Gasteiger partial charge in [0.1, 0.15) is 0 Å². The number of halogens is 1. The average molecular weight is 376 g/mol. The second kappa shape index (κ2) is 7.04. The van der Waals surface area contributed by atoms with E-state index in [1.54, 1.807) is 55.5 Å². The molecule has 0 unspecified atom stereocenters. The summed E-state index contributed by atoms with van der Waals surface area (Å²) >= 11 is 5.81. The van der Waals surface area contributed by atoms with Crippen LogP contribution in [0, 0.1) is 6.92 Å². The summed E-state index contributed by atoms with van der Waals surface area (Å²) < 4.78 is 28.5. The molecule has 0 fully saturated rings. The minimum absolute atomic E-state index is 0.410. The Morgan fingerprint density at radius 3 is 2.60 bits per heavy atom. The smallest absolute Gasteiger partial charge is 0.255 e. The first-order valence-electron chi connectivity index (χ1n) is 7.25. The molecule has 1 N–H and O–H groups in total. The molecule has 1 heterocycles. The van der Waals surface area contributed by atoms with Crippen LogP contribution < -0.4 is 4.72 Å². The molecule has 7 nitrogen and oxygen atoms in total. The van der Waals surface area contributed by atoms with Gasteiger partial charge >= 0.3 is 0 Å². The molecule has 0 bridgehead atoms. The molecule has 0 saturated heterocycles. The van der Waals surface area contributed by atoms with Gasteiger partial charge < -0.3 is 0 Å². The highest BCUT2D eigenvalue weighted by molar-refractivity contribution is 7.95. The molecule has 0 saturated carbocycles. The lowest BCUT2D eigenvalue weighted by molar-refractivity contribution is 0.609. The first kappa shape index (κ1) is 17.1. The number of hydrogen-bond donors (Lipinski definition) is 1. The molecule has 3 rings (SSSR count). The van der Waals surface area contributed by atoms with E-state index in [4.69, 9.17) is 11.6 Å². The maximum absolute atomic E-state index is 12.2. The summed E-state index contributed by atoms with van der Waals surface area (Å²) in [5.41, 5.74) is 1.80. The summed E-state index contributed by atoms with van der Waals surface area (Å²) in [7, 11) is -3.66. The first-order chi connectivity index (χ1) is 11.9. The molecule has 1 aromatic heterocycles. The van der Waals surface area contributed by atoms with Crippen molar-refractivity contribution in [1.82, 2.24) is 20.2 Å². The van der Waals surface area contributed by atoms with Gasteiger partial charge in [-0.2, -0.15) is 4.68 Å². The van der Waals surface area contributed by atoms with Gasteiger partial charge in [-0.1, -0.05) is 29.8 Å². The zero-order valence-corrected chi connectivity index (χ0v) is 14.7. The Morgan fingerprint density at radius 2 is 1.92 bits per heavy atom. The van der Waals surface area contributed by atoms with Crippen LogP contribution in [0.4, 0.5) is 5.69 Å². The Bertz CT molecular complexity index is 1010. The van der Waals surface area contributed by atoms with Gasteiger partial charge in [-0.3, -0.25) is 4.72 Å². The molecule has 0 aliphatic carbocycles. The van der Waals surface area contributed by atoms with Gasteiger partial charge in [0.15, 0.2) is 5.82 Å². The lowest BCUT2D eigenvalue weighted by atomic mass is 10.2. The number of nitrogens with one attached hydrogen (secondary N) is 1. The van der Waals surface area contributed by atoms with E-state index in [1.165, 1.54) is 10.8 Å². The van der Waals surface area contributed by atoms with Crippen LogP contribution in [0.3, 0.4) is 0 Å². The van der Waals surface area contributed by atoms with Crippen molar-refractivity contribution in [2.75, 3.05) is 4.72 Å². The van der Waals surface area contributed by atoms with Gasteiger partial charge in [-0.15, -0.1) is 5.10 Å². The normalized spacial score (nSPS) is 11.8. The van der Waals surface area contributed by atoms with Crippen molar-refractivity contribution in [1.29, 1.82) is 0 Å². The number of rotatable bonds is 5.